The summed E-state index contributed by atoms with van der Waals surface area (Å²) in [5, 5.41) is 0. The average Bonchev–Trinajstić information content (AvgIpc) is 2.60. The van der Waals surface area contributed by atoms with Gasteiger partial charge in [-0.15, -0.1) is 0 Å². The van der Waals surface area contributed by atoms with Crippen LogP contribution >= 0.6 is 0 Å². The van der Waals surface area contributed by atoms with Gasteiger partial charge in [-0.25, -0.2) is 4.79 Å². The van der Waals surface area contributed by atoms with Crippen molar-refractivity contribution in [3.8, 4) is 16.9 Å². The van der Waals surface area contributed by atoms with E-state index in [1.54, 1.807) is 0 Å². The Balaban J connectivity index is 1.86. The molecule has 4 nitrogen and oxygen atoms in total. The van der Waals surface area contributed by atoms with Crippen molar-refractivity contribution in [2.24, 2.45) is 0 Å². The molecule has 0 saturated carbocycles. The van der Waals surface area contributed by atoms with Crippen LogP contribution in [0.2, 0.25) is 0 Å². The lowest BCUT2D eigenvalue weighted by Crippen LogP contribution is -2.10. The van der Waals surface area contributed by atoms with Gasteiger partial charge in [0.05, 0.1) is 18.9 Å². The largest absolute Gasteiger partial charge is 0.501 e. The number of benzene rings is 2. The van der Waals surface area contributed by atoms with E-state index in [9.17, 15) is 4.79 Å². The maximum Gasteiger partial charge on any atom is 0.333 e. The van der Waals surface area contributed by atoms with Crippen LogP contribution in [-0.2, 0) is 14.3 Å². The molecule has 0 N–H and O–H groups in total. The quantitative estimate of drug-likeness (QED) is 0.322. The molecule has 0 atom stereocenters. The zero-order valence-corrected chi connectivity index (χ0v) is 13.1. The van der Waals surface area contributed by atoms with E-state index < -0.39 is 5.97 Å². The van der Waals surface area contributed by atoms with Crippen LogP contribution in [-0.4, -0.2) is 25.8 Å². The summed E-state index contributed by atoms with van der Waals surface area (Å²) in [6.45, 7) is 2.83. The first-order chi connectivity index (χ1) is 11.3. The SMILES string of the molecule is CCOC=CC(=O)OCCOc1ccccc1-c1ccccc1. The van der Waals surface area contributed by atoms with E-state index in [2.05, 4.69) is 0 Å². The number of carbonyl (C=O) groups is 1. The molecule has 0 radical (unpaired) electrons. The molecule has 0 amide bonds. The molecular weight excluding hydrogens is 292 g/mol. The van der Waals surface area contributed by atoms with Crippen LogP contribution in [0.1, 0.15) is 6.92 Å². The standard InChI is InChI=1S/C19H20O4/c1-2-21-13-12-19(20)23-15-14-22-18-11-7-6-10-17(18)16-8-4-3-5-9-16/h3-13H,2,14-15H2,1H3. The van der Waals surface area contributed by atoms with Gasteiger partial charge in [0.1, 0.15) is 19.0 Å². The second kappa shape index (κ2) is 9.30. The van der Waals surface area contributed by atoms with E-state index in [-0.39, 0.29) is 13.2 Å². The van der Waals surface area contributed by atoms with Gasteiger partial charge in [-0.3, -0.25) is 0 Å². The summed E-state index contributed by atoms with van der Waals surface area (Å²) in [6, 6.07) is 17.8. The first-order valence-electron chi connectivity index (χ1n) is 7.53. The molecule has 0 spiro atoms. The monoisotopic (exact) mass is 312 g/mol. The number of ether oxygens (including phenoxy) is 3. The zero-order valence-electron chi connectivity index (χ0n) is 13.1. The lowest BCUT2D eigenvalue weighted by molar-refractivity contribution is -0.138. The van der Waals surface area contributed by atoms with Gasteiger partial charge in [0.2, 0.25) is 0 Å². The molecule has 0 bridgehead atoms. The Kier molecular flexibility index (Phi) is 6.72. The van der Waals surface area contributed by atoms with E-state index in [1.807, 2.05) is 61.5 Å². The molecule has 0 saturated heterocycles. The van der Waals surface area contributed by atoms with Crippen LogP contribution < -0.4 is 4.74 Å². The van der Waals surface area contributed by atoms with Gasteiger partial charge in [0, 0.05) is 5.56 Å². The summed E-state index contributed by atoms with van der Waals surface area (Å²) in [5.74, 6) is 0.318. The minimum Gasteiger partial charge on any atom is -0.501 e. The highest BCUT2D eigenvalue weighted by molar-refractivity contribution is 5.81. The van der Waals surface area contributed by atoms with Gasteiger partial charge >= 0.3 is 5.97 Å². The van der Waals surface area contributed by atoms with Crippen molar-refractivity contribution < 1.29 is 19.0 Å². The van der Waals surface area contributed by atoms with Crippen molar-refractivity contribution in [3.05, 3.63) is 66.9 Å². The lowest BCUT2D eigenvalue weighted by Gasteiger charge is -2.11. The van der Waals surface area contributed by atoms with Crippen molar-refractivity contribution in [2.45, 2.75) is 6.92 Å². The molecule has 0 aromatic heterocycles. The lowest BCUT2D eigenvalue weighted by atomic mass is 10.1. The van der Waals surface area contributed by atoms with Crippen molar-refractivity contribution in [2.75, 3.05) is 19.8 Å². The second-order valence-electron chi connectivity index (χ2n) is 4.64. The molecule has 0 fully saturated rings. The Morgan fingerprint density at radius 3 is 2.52 bits per heavy atom. The molecule has 2 aromatic carbocycles. The predicted octanol–water partition coefficient (Wildman–Crippen LogP) is 3.83. The highest BCUT2D eigenvalue weighted by Crippen LogP contribution is 2.29. The normalized spacial score (nSPS) is 10.5. The van der Waals surface area contributed by atoms with E-state index in [0.29, 0.717) is 6.61 Å². The number of hydrogen-bond donors (Lipinski definition) is 0. The van der Waals surface area contributed by atoms with Crippen LogP contribution in [0, 0.1) is 0 Å². The summed E-state index contributed by atoms with van der Waals surface area (Å²) in [6.07, 6.45) is 2.58. The first-order valence-corrected chi connectivity index (χ1v) is 7.53. The van der Waals surface area contributed by atoms with Crippen molar-refractivity contribution in [1.29, 1.82) is 0 Å². The Morgan fingerprint density at radius 2 is 1.74 bits per heavy atom. The van der Waals surface area contributed by atoms with E-state index >= 15 is 0 Å². The minimum absolute atomic E-state index is 0.179. The van der Waals surface area contributed by atoms with Gasteiger partial charge in [-0.1, -0.05) is 48.5 Å². The number of para-hydroxylation sites is 1. The molecule has 0 aliphatic carbocycles. The summed E-state index contributed by atoms with van der Waals surface area (Å²) >= 11 is 0. The Bertz CT molecular complexity index is 635. The molecule has 2 aromatic rings. The summed E-state index contributed by atoms with van der Waals surface area (Å²) in [7, 11) is 0. The van der Waals surface area contributed by atoms with E-state index in [0.717, 1.165) is 16.9 Å². The number of esters is 1. The van der Waals surface area contributed by atoms with Gasteiger partial charge in [-0.05, 0) is 18.6 Å². The number of rotatable bonds is 8. The molecule has 0 aliphatic rings. The first kappa shape index (κ1) is 16.6. The fourth-order valence-electron chi connectivity index (χ4n) is 1.99. The van der Waals surface area contributed by atoms with Crippen LogP contribution in [0.4, 0.5) is 0 Å². The van der Waals surface area contributed by atoms with Gasteiger partial charge in [0.15, 0.2) is 0 Å². The third-order valence-corrected chi connectivity index (χ3v) is 3.02. The molecule has 0 heterocycles. The van der Waals surface area contributed by atoms with E-state index in [4.69, 9.17) is 14.2 Å². The summed E-state index contributed by atoms with van der Waals surface area (Å²) in [5.41, 5.74) is 2.09. The maximum absolute atomic E-state index is 11.4. The van der Waals surface area contributed by atoms with Crippen molar-refractivity contribution in [1.82, 2.24) is 0 Å². The van der Waals surface area contributed by atoms with Crippen LogP contribution in [0.15, 0.2) is 66.9 Å². The van der Waals surface area contributed by atoms with Gasteiger partial charge < -0.3 is 14.2 Å². The molecule has 2 rings (SSSR count). The van der Waals surface area contributed by atoms with Crippen molar-refractivity contribution in [3.63, 3.8) is 0 Å². The Labute approximate surface area is 136 Å². The molecule has 4 heteroatoms. The predicted molar refractivity (Wildman–Crippen MR) is 89.1 cm³/mol. The summed E-state index contributed by atoms with van der Waals surface area (Å²) in [4.78, 5) is 11.4. The van der Waals surface area contributed by atoms with Crippen LogP contribution in [0.3, 0.4) is 0 Å². The fourth-order valence-corrected chi connectivity index (χ4v) is 1.99. The van der Waals surface area contributed by atoms with Gasteiger partial charge in [0.25, 0.3) is 0 Å². The molecule has 0 aliphatic heterocycles. The number of carbonyl (C=O) groups excluding carboxylic acids is 1. The minimum atomic E-state index is -0.446. The molecule has 23 heavy (non-hydrogen) atoms. The van der Waals surface area contributed by atoms with Gasteiger partial charge in [-0.2, -0.15) is 0 Å². The highest BCUT2D eigenvalue weighted by Gasteiger charge is 2.05. The average molecular weight is 312 g/mol. The highest BCUT2D eigenvalue weighted by atomic mass is 16.6. The smallest absolute Gasteiger partial charge is 0.333 e. The zero-order chi connectivity index (χ0) is 16.3. The van der Waals surface area contributed by atoms with Crippen LogP contribution in [0.5, 0.6) is 5.75 Å². The number of hydrogen-bond acceptors (Lipinski definition) is 4. The molecular formula is C19H20O4. The molecule has 0 unspecified atom stereocenters. The molecule has 120 valence electrons. The Hall–Kier alpha value is -2.75. The topological polar surface area (TPSA) is 44.8 Å². The van der Waals surface area contributed by atoms with E-state index in [1.165, 1.54) is 12.3 Å². The maximum atomic E-state index is 11.4. The second-order valence-corrected chi connectivity index (χ2v) is 4.64. The third-order valence-electron chi connectivity index (χ3n) is 3.02. The third kappa shape index (κ3) is 5.51. The van der Waals surface area contributed by atoms with Crippen LogP contribution in [0.25, 0.3) is 11.1 Å². The van der Waals surface area contributed by atoms with Crippen molar-refractivity contribution >= 4 is 5.97 Å². The Morgan fingerprint density at radius 1 is 1.00 bits per heavy atom. The summed E-state index contributed by atoms with van der Waals surface area (Å²) < 4.78 is 15.7. The fraction of sp³-hybridized carbons (Fsp3) is 0.211.